The first-order chi connectivity index (χ1) is 9.70. The molecule has 0 heterocycles. The van der Waals surface area contributed by atoms with Crippen LogP contribution in [0.5, 0.6) is 0 Å². The molecule has 3 unspecified atom stereocenters. The molecule has 0 aromatic carbocycles. The van der Waals surface area contributed by atoms with Crippen molar-refractivity contribution in [2.45, 2.75) is 78.8 Å². The van der Waals surface area contributed by atoms with Crippen molar-refractivity contribution in [2.24, 2.45) is 23.2 Å². The number of carboxylic acid groups (broad SMARTS) is 1. The molecule has 0 bridgehead atoms. The molecule has 3 nitrogen and oxygen atoms in total. The maximum Gasteiger partial charge on any atom is 0.308 e. The fourth-order valence-electron chi connectivity index (χ4n) is 3.92. The second-order valence-corrected chi connectivity index (χ2v) is 8.62. The highest BCUT2D eigenvalue weighted by atomic mass is 16.4. The molecule has 21 heavy (non-hydrogen) atoms. The van der Waals surface area contributed by atoms with Gasteiger partial charge < -0.3 is 5.11 Å². The van der Waals surface area contributed by atoms with E-state index in [1.165, 1.54) is 12.8 Å². The molecular formula is C18H33NO2. The Balaban J connectivity index is 2.16. The summed E-state index contributed by atoms with van der Waals surface area (Å²) < 4.78 is 0. The van der Waals surface area contributed by atoms with Gasteiger partial charge in [-0.2, -0.15) is 0 Å². The van der Waals surface area contributed by atoms with Crippen LogP contribution < -0.4 is 0 Å². The van der Waals surface area contributed by atoms with Gasteiger partial charge in [0.2, 0.25) is 0 Å². The van der Waals surface area contributed by atoms with E-state index in [0.29, 0.717) is 12.0 Å². The molecule has 0 spiro atoms. The lowest BCUT2D eigenvalue weighted by Gasteiger charge is -2.46. The van der Waals surface area contributed by atoms with Gasteiger partial charge in [0.1, 0.15) is 0 Å². The van der Waals surface area contributed by atoms with Gasteiger partial charge in [-0.15, -0.1) is 0 Å². The Morgan fingerprint density at radius 1 is 1.19 bits per heavy atom. The van der Waals surface area contributed by atoms with Crippen molar-refractivity contribution in [2.75, 3.05) is 6.54 Å². The Labute approximate surface area is 130 Å². The molecule has 0 radical (unpaired) electrons. The minimum absolute atomic E-state index is 0.176. The summed E-state index contributed by atoms with van der Waals surface area (Å²) in [7, 11) is 0. The van der Waals surface area contributed by atoms with E-state index in [-0.39, 0.29) is 17.4 Å². The van der Waals surface area contributed by atoms with E-state index in [1.54, 1.807) is 0 Å². The van der Waals surface area contributed by atoms with Gasteiger partial charge in [-0.3, -0.25) is 9.69 Å². The summed E-state index contributed by atoms with van der Waals surface area (Å²) in [4.78, 5) is 14.2. The molecule has 3 heteroatoms. The average Bonchev–Trinajstić information content (AvgIpc) is 3.17. The first-order valence-corrected chi connectivity index (χ1v) is 8.68. The van der Waals surface area contributed by atoms with Crippen LogP contribution in [-0.4, -0.2) is 34.6 Å². The summed E-state index contributed by atoms with van der Waals surface area (Å²) in [5.74, 6) is 0.689. The van der Waals surface area contributed by atoms with Gasteiger partial charge in [0.25, 0.3) is 0 Å². The Morgan fingerprint density at radius 2 is 1.81 bits per heavy atom. The second-order valence-electron chi connectivity index (χ2n) is 8.62. The SMILES string of the molecule is CC(C)N(CC1CC1)C1CC(C(C)(C)C)CCC1C(=O)O. The van der Waals surface area contributed by atoms with Crippen molar-refractivity contribution >= 4 is 5.97 Å². The van der Waals surface area contributed by atoms with Crippen molar-refractivity contribution < 1.29 is 9.90 Å². The lowest BCUT2D eigenvalue weighted by molar-refractivity contribution is -0.147. The van der Waals surface area contributed by atoms with E-state index in [1.807, 2.05) is 0 Å². The van der Waals surface area contributed by atoms with Crippen molar-refractivity contribution in [3.05, 3.63) is 0 Å². The molecular weight excluding hydrogens is 262 g/mol. The molecule has 0 aliphatic heterocycles. The molecule has 0 amide bonds. The quantitative estimate of drug-likeness (QED) is 0.832. The third kappa shape index (κ3) is 4.21. The summed E-state index contributed by atoms with van der Waals surface area (Å²) in [6, 6.07) is 0.664. The fraction of sp³-hybridized carbons (Fsp3) is 0.944. The highest BCUT2D eigenvalue weighted by Gasteiger charge is 2.43. The second kappa shape index (κ2) is 6.28. The summed E-state index contributed by atoms with van der Waals surface area (Å²) in [6.07, 6.45) is 5.61. The van der Waals surface area contributed by atoms with E-state index in [0.717, 1.165) is 31.7 Å². The van der Waals surface area contributed by atoms with Gasteiger partial charge in [0.15, 0.2) is 0 Å². The van der Waals surface area contributed by atoms with Gasteiger partial charge in [-0.25, -0.2) is 0 Å². The third-order valence-electron chi connectivity index (χ3n) is 5.61. The van der Waals surface area contributed by atoms with Crippen LogP contribution in [0.4, 0.5) is 0 Å². The zero-order chi connectivity index (χ0) is 15.8. The standard InChI is InChI=1S/C18H33NO2/c1-12(2)19(11-13-6-7-13)16-10-14(18(3,4)5)8-9-15(16)17(20)21/h12-16H,6-11H2,1-5H3,(H,20,21). The predicted octanol–water partition coefficient (Wildman–Crippen LogP) is 4.02. The first-order valence-electron chi connectivity index (χ1n) is 8.68. The monoisotopic (exact) mass is 295 g/mol. The summed E-state index contributed by atoms with van der Waals surface area (Å²) in [5, 5.41) is 9.65. The topological polar surface area (TPSA) is 40.5 Å². The first kappa shape index (κ1) is 16.8. The molecule has 3 atom stereocenters. The Bertz CT molecular complexity index is 368. The van der Waals surface area contributed by atoms with Crippen molar-refractivity contribution in [3.8, 4) is 0 Å². The van der Waals surface area contributed by atoms with Crippen LogP contribution in [0.1, 0.15) is 66.7 Å². The minimum atomic E-state index is -0.589. The van der Waals surface area contributed by atoms with Crippen molar-refractivity contribution in [1.29, 1.82) is 0 Å². The van der Waals surface area contributed by atoms with Crippen LogP contribution in [-0.2, 0) is 4.79 Å². The normalized spacial score (nSPS) is 30.9. The van der Waals surface area contributed by atoms with Crippen molar-refractivity contribution in [1.82, 2.24) is 4.90 Å². The lowest BCUT2D eigenvalue weighted by Crippen LogP contribution is -2.52. The molecule has 1 N–H and O–H groups in total. The summed E-state index contributed by atoms with van der Waals surface area (Å²) >= 11 is 0. The largest absolute Gasteiger partial charge is 0.481 e. The van der Waals surface area contributed by atoms with Gasteiger partial charge in [0.05, 0.1) is 5.92 Å². The maximum absolute atomic E-state index is 11.7. The van der Waals surface area contributed by atoms with Crippen LogP contribution in [0.25, 0.3) is 0 Å². The molecule has 0 aromatic rings. The van der Waals surface area contributed by atoms with E-state index >= 15 is 0 Å². The van der Waals surface area contributed by atoms with E-state index < -0.39 is 5.97 Å². The molecule has 2 rings (SSSR count). The average molecular weight is 295 g/mol. The number of rotatable bonds is 5. The Hall–Kier alpha value is -0.570. The predicted molar refractivity (Wildman–Crippen MR) is 86.3 cm³/mol. The van der Waals surface area contributed by atoms with Crippen LogP contribution in [0, 0.1) is 23.2 Å². The third-order valence-corrected chi connectivity index (χ3v) is 5.61. The van der Waals surface area contributed by atoms with Gasteiger partial charge in [-0.1, -0.05) is 20.8 Å². The lowest BCUT2D eigenvalue weighted by atomic mass is 9.67. The highest BCUT2D eigenvalue weighted by Crippen LogP contribution is 2.43. The minimum Gasteiger partial charge on any atom is -0.481 e. The van der Waals surface area contributed by atoms with Crippen molar-refractivity contribution in [3.63, 3.8) is 0 Å². The zero-order valence-electron chi connectivity index (χ0n) is 14.4. The van der Waals surface area contributed by atoms with Gasteiger partial charge in [0, 0.05) is 18.6 Å². The number of hydrogen-bond acceptors (Lipinski definition) is 2. The highest BCUT2D eigenvalue weighted by molar-refractivity contribution is 5.71. The van der Waals surface area contributed by atoms with Gasteiger partial charge >= 0.3 is 5.97 Å². The van der Waals surface area contributed by atoms with Crippen LogP contribution >= 0.6 is 0 Å². The molecule has 2 aliphatic carbocycles. The number of carbonyl (C=O) groups is 1. The molecule has 0 saturated heterocycles. The molecule has 2 saturated carbocycles. The van der Waals surface area contributed by atoms with Crippen LogP contribution in [0.2, 0.25) is 0 Å². The zero-order valence-corrected chi connectivity index (χ0v) is 14.4. The smallest absolute Gasteiger partial charge is 0.308 e. The molecule has 122 valence electrons. The molecule has 2 aliphatic rings. The van der Waals surface area contributed by atoms with E-state index in [9.17, 15) is 9.90 Å². The summed E-state index contributed by atoms with van der Waals surface area (Å²) in [5.41, 5.74) is 0.282. The fourth-order valence-corrected chi connectivity index (χ4v) is 3.92. The van der Waals surface area contributed by atoms with Crippen LogP contribution in [0.3, 0.4) is 0 Å². The molecule has 0 aromatic heterocycles. The van der Waals surface area contributed by atoms with Crippen LogP contribution in [0.15, 0.2) is 0 Å². The Kier molecular flexibility index (Phi) is 5.02. The number of aliphatic carboxylic acids is 1. The van der Waals surface area contributed by atoms with E-state index in [4.69, 9.17) is 0 Å². The molecule has 2 fully saturated rings. The summed E-state index contributed by atoms with van der Waals surface area (Å²) in [6.45, 7) is 12.5. The number of hydrogen-bond donors (Lipinski definition) is 1. The van der Waals surface area contributed by atoms with Gasteiger partial charge in [-0.05, 0) is 63.2 Å². The van der Waals surface area contributed by atoms with E-state index in [2.05, 4.69) is 39.5 Å². The Morgan fingerprint density at radius 3 is 2.24 bits per heavy atom. The maximum atomic E-state index is 11.7. The number of carboxylic acids is 1. The number of nitrogens with zero attached hydrogens (tertiary/aromatic N) is 1.